The summed E-state index contributed by atoms with van der Waals surface area (Å²) >= 11 is 0. The number of hydrogen-bond acceptors (Lipinski definition) is 6. The van der Waals surface area contributed by atoms with Gasteiger partial charge in [-0.25, -0.2) is 4.98 Å². The van der Waals surface area contributed by atoms with Gasteiger partial charge >= 0.3 is 0 Å². The standard InChI is InChI=1S/C17H25N3O4.ClH/c21-13-7-17(8-14(13)22,11-24-15-9-18-5-6-19-15)10-20-16(23)12-3-1-2-4-12;/h5-6,9,12-14,21-22H,1-4,7-8,10-11H2,(H,20,23);1H/t13-,14+,17?;. The summed E-state index contributed by atoms with van der Waals surface area (Å²) in [5.74, 6) is 0.566. The van der Waals surface area contributed by atoms with E-state index >= 15 is 0 Å². The second-order valence-electron chi connectivity index (χ2n) is 7.07. The van der Waals surface area contributed by atoms with Gasteiger partial charge in [-0.1, -0.05) is 12.8 Å². The average Bonchev–Trinajstić information content (AvgIpc) is 3.22. The van der Waals surface area contributed by atoms with E-state index in [9.17, 15) is 15.0 Å². The van der Waals surface area contributed by atoms with E-state index in [2.05, 4.69) is 15.3 Å². The molecule has 1 aromatic heterocycles. The van der Waals surface area contributed by atoms with Crippen LogP contribution in [0.5, 0.6) is 5.88 Å². The van der Waals surface area contributed by atoms with Crippen molar-refractivity contribution in [2.24, 2.45) is 11.3 Å². The van der Waals surface area contributed by atoms with E-state index < -0.39 is 17.6 Å². The first-order valence-corrected chi connectivity index (χ1v) is 8.61. The lowest BCUT2D eigenvalue weighted by molar-refractivity contribution is -0.125. The van der Waals surface area contributed by atoms with Gasteiger partial charge in [-0.05, 0) is 25.7 Å². The van der Waals surface area contributed by atoms with Gasteiger partial charge in [0.25, 0.3) is 0 Å². The van der Waals surface area contributed by atoms with Gasteiger partial charge in [0, 0.05) is 30.3 Å². The summed E-state index contributed by atoms with van der Waals surface area (Å²) in [5, 5.41) is 22.9. The largest absolute Gasteiger partial charge is 0.476 e. The molecule has 2 fully saturated rings. The number of aliphatic hydroxyl groups excluding tert-OH is 2. The van der Waals surface area contributed by atoms with Crippen LogP contribution < -0.4 is 10.1 Å². The zero-order valence-electron chi connectivity index (χ0n) is 14.1. The fraction of sp³-hybridized carbons (Fsp3) is 0.706. The van der Waals surface area contributed by atoms with Crippen molar-refractivity contribution in [1.29, 1.82) is 0 Å². The molecule has 3 atom stereocenters. The lowest BCUT2D eigenvalue weighted by Gasteiger charge is -2.29. The van der Waals surface area contributed by atoms with Crippen LogP contribution >= 0.6 is 12.4 Å². The summed E-state index contributed by atoms with van der Waals surface area (Å²) in [7, 11) is 0. The lowest BCUT2D eigenvalue weighted by Crippen LogP contribution is -2.42. The third-order valence-corrected chi connectivity index (χ3v) is 5.16. The maximum absolute atomic E-state index is 12.3. The van der Waals surface area contributed by atoms with Crippen molar-refractivity contribution in [2.45, 2.75) is 50.7 Å². The number of ether oxygens (including phenoxy) is 1. The van der Waals surface area contributed by atoms with E-state index in [1.807, 2.05) is 0 Å². The number of aromatic nitrogens is 2. The minimum absolute atomic E-state index is 0. The number of carbonyl (C=O) groups excluding carboxylic acids is 1. The van der Waals surface area contributed by atoms with E-state index in [0.717, 1.165) is 25.7 Å². The predicted octanol–water partition coefficient (Wildman–Crippen LogP) is 1.09. The Hall–Kier alpha value is -1.44. The number of amides is 1. The van der Waals surface area contributed by atoms with E-state index in [-0.39, 0.29) is 30.8 Å². The zero-order chi connectivity index (χ0) is 17.0. The Morgan fingerprint density at radius 1 is 1.24 bits per heavy atom. The Morgan fingerprint density at radius 3 is 2.52 bits per heavy atom. The number of nitrogens with one attached hydrogen (secondary N) is 1. The van der Waals surface area contributed by atoms with Crippen LogP contribution in [0, 0.1) is 11.3 Å². The average molecular weight is 372 g/mol. The first-order chi connectivity index (χ1) is 11.6. The van der Waals surface area contributed by atoms with Gasteiger partial charge in [0.05, 0.1) is 25.0 Å². The highest BCUT2D eigenvalue weighted by atomic mass is 35.5. The van der Waals surface area contributed by atoms with E-state index in [1.54, 1.807) is 12.4 Å². The Balaban J connectivity index is 0.00000225. The molecular weight excluding hydrogens is 346 g/mol. The third-order valence-electron chi connectivity index (χ3n) is 5.16. The molecule has 7 nitrogen and oxygen atoms in total. The van der Waals surface area contributed by atoms with E-state index in [0.29, 0.717) is 25.3 Å². The SMILES string of the molecule is Cl.O=C(NCC1(COc2cnccn2)C[C@@H](O)[C@@H](O)C1)C1CCCC1. The maximum atomic E-state index is 12.3. The Kier molecular flexibility index (Phi) is 6.98. The van der Waals surface area contributed by atoms with Crippen molar-refractivity contribution in [1.82, 2.24) is 15.3 Å². The maximum Gasteiger partial charge on any atom is 0.232 e. The molecular formula is C17H26ClN3O4. The summed E-state index contributed by atoms with van der Waals surface area (Å²) < 4.78 is 5.70. The molecule has 2 saturated carbocycles. The number of carbonyl (C=O) groups is 1. The molecule has 0 spiro atoms. The number of rotatable bonds is 6. The van der Waals surface area contributed by atoms with Gasteiger partial charge in [-0.15, -0.1) is 12.4 Å². The fourth-order valence-electron chi connectivity index (χ4n) is 3.75. The van der Waals surface area contributed by atoms with Crippen LogP contribution in [0.2, 0.25) is 0 Å². The van der Waals surface area contributed by atoms with Gasteiger partial charge in [-0.2, -0.15) is 0 Å². The highest BCUT2D eigenvalue weighted by molar-refractivity contribution is 5.85. The highest BCUT2D eigenvalue weighted by Gasteiger charge is 2.45. The fourth-order valence-corrected chi connectivity index (χ4v) is 3.75. The summed E-state index contributed by atoms with van der Waals surface area (Å²) in [6.45, 7) is 0.654. The molecule has 1 amide bonds. The molecule has 0 bridgehead atoms. The van der Waals surface area contributed by atoms with Crippen LogP contribution in [0.15, 0.2) is 18.6 Å². The summed E-state index contributed by atoms with van der Waals surface area (Å²) in [5.41, 5.74) is -0.495. The third kappa shape index (κ3) is 5.03. The number of aliphatic hydroxyl groups is 2. The van der Waals surface area contributed by atoms with Crippen LogP contribution in [0.4, 0.5) is 0 Å². The van der Waals surface area contributed by atoms with Crippen molar-refractivity contribution in [3.63, 3.8) is 0 Å². The monoisotopic (exact) mass is 371 g/mol. The number of halogens is 1. The first-order valence-electron chi connectivity index (χ1n) is 8.61. The van der Waals surface area contributed by atoms with E-state index in [4.69, 9.17) is 4.74 Å². The van der Waals surface area contributed by atoms with Gasteiger partial charge in [0.1, 0.15) is 0 Å². The molecule has 3 N–H and O–H groups in total. The van der Waals surface area contributed by atoms with Gasteiger partial charge < -0.3 is 20.3 Å². The normalized spacial score (nSPS) is 29.2. The second kappa shape index (κ2) is 8.78. The molecule has 0 radical (unpaired) electrons. The van der Waals surface area contributed by atoms with Crippen molar-refractivity contribution < 1.29 is 19.7 Å². The molecule has 2 aliphatic rings. The second-order valence-corrected chi connectivity index (χ2v) is 7.07. The molecule has 25 heavy (non-hydrogen) atoms. The molecule has 1 aromatic rings. The molecule has 140 valence electrons. The van der Waals surface area contributed by atoms with Crippen LogP contribution in [0.1, 0.15) is 38.5 Å². The number of hydrogen-bond donors (Lipinski definition) is 3. The van der Waals surface area contributed by atoms with Crippen LogP contribution in [0.3, 0.4) is 0 Å². The lowest BCUT2D eigenvalue weighted by atomic mass is 9.86. The quantitative estimate of drug-likeness (QED) is 0.691. The van der Waals surface area contributed by atoms with Crippen LogP contribution in [-0.2, 0) is 4.79 Å². The minimum atomic E-state index is -0.793. The minimum Gasteiger partial charge on any atom is -0.476 e. The molecule has 0 aromatic carbocycles. The van der Waals surface area contributed by atoms with Crippen molar-refractivity contribution in [3.8, 4) is 5.88 Å². The smallest absolute Gasteiger partial charge is 0.232 e. The first kappa shape index (κ1) is 19.9. The summed E-state index contributed by atoms with van der Waals surface area (Å²) in [4.78, 5) is 20.3. The molecule has 1 heterocycles. The Morgan fingerprint density at radius 2 is 1.92 bits per heavy atom. The topological polar surface area (TPSA) is 105 Å². The van der Waals surface area contributed by atoms with Crippen molar-refractivity contribution in [3.05, 3.63) is 18.6 Å². The molecule has 2 aliphatic carbocycles. The number of nitrogens with zero attached hydrogens (tertiary/aromatic N) is 2. The summed E-state index contributed by atoms with van der Waals surface area (Å²) in [6.07, 6.45) is 7.92. The highest BCUT2D eigenvalue weighted by Crippen LogP contribution is 2.38. The summed E-state index contributed by atoms with van der Waals surface area (Å²) in [6, 6.07) is 0. The molecule has 1 unspecified atom stereocenters. The predicted molar refractivity (Wildman–Crippen MR) is 93.4 cm³/mol. The molecule has 3 rings (SSSR count). The molecule has 8 heteroatoms. The zero-order valence-corrected chi connectivity index (χ0v) is 15.0. The molecule has 0 aliphatic heterocycles. The van der Waals surface area contributed by atoms with Crippen LogP contribution in [0.25, 0.3) is 0 Å². The van der Waals surface area contributed by atoms with E-state index in [1.165, 1.54) is 6.20 Å². The van der Waals surface area contributed by atoms with Gasteiger partial charge in [0.15, 0.2) is 0 Å². The Labute approximate surface area is 153 Å². The van der Waals surface area contributed by atoms with Gasteiger partial charge in [-0.3, -0.25) is 9.78 Å². The van der Waals surface area contributed by atoms with Crippen molar-refractivity contribution >= 4 is 18.3 Å². The van der Waals surface area contributed by atoms with Crippen molar-refractivity contribution in [2.75, 3.05) is 13.2 Å². The van der Waals surface area contributed by atoms with Gasteiger partial charge in [0.2, 0.25) is 11.8 Å². The Bertz CT molecular complexity index is 544. The van der Waals surface area contributed by atoms with Crippen LogP contribution in [-0.4, -0.2) is 51.4 Å². The molecule has 0 saturated heterocycles.